The Labute approximate surface area is 139 Å². The number of rotatable bonds is 6. The molecule has 0 saturated heterocycles. The monoisotopic (exact) mass is 383 g/mol. The molecule has 1 N–H and O–H groups in total. The SMILES string of the molecule is COc1cccc(C(NS(=O)(=O)c2ccccc2)C(C)Br)c1. The summed E-state index contributed by atoms with van der Waals surface area (Å²) in [4.78, 5) is 0.161. The fourth-order valence-electron chi connectivity index (χ4n) is 2.10. The van der Waals surface area contributed by atoms with Crippen LogP contribution in [0.1, 0.15) is 18.5 Å². The molecule has 0 aliphatic heterocycles. The van der Waals surface area contributed by atoms with Crippen LogP contribution in [-0.2, 0) is 10.0 Å². The van der Waals surface area contributed by atoms with E-state index in [4.69, 9.17) is 4.74 Å². The molecule has 4 nitrogen and oxygen atoms in total. The van der Waals surface area contributed by atoms with Gasteiger partial charge in [-0.05, 0) is 29.8 Å². The van der Waals surface area contributed by atoms with Crippen LogP contribution in [0.15, 0.2) is 59.5 Å². The maximum absolute atomic E-state index is 12.5. The highest BCUT2D eigenvalue weighted by Gasteiger charge is 2.24. The van der Waals surface area contributed by atoms with Gasteiger partial charge in [-0.1, -0.05) is 53.2 Å². The highest BCUT2D eigenvalue weighted by atomic mass is 79.9. The summed E-state index contributed by atoms with van der Waals surface area (Å²) in [7, 11) is -2.01. The van der Waals surface area contributed by atoms with Crippen molar-refractivity contribution in [2.45, 2.75) is 22.7 Å². The highest BCUT2D eigenvalue weighted by molar-refractivity contribution is 9.09. The third-order valence-corrected chi connectivity index (χ3v) is 5.23. The van der Waals surface area contributed by atoms with Crippen molar-refractivity contribution in [1.82, 2.24) is 4.72 Å². The summed E-state index contributed by atoms with van der Waals surface area (Å²) in [6.45, 7) is 1.90. The zero-order valence-electron chi connectivity index (χ0n) is 12.4. The van der Waals surface area contributed by atoms with Crippen molar-refractivity contribution in [3.05, 3.63) is 60.2 Å². The number of benzene rings is 2. The van der Waals surface area contributed by atoms with E-state index in [0.717, 1.165) is 5.56 Å². The van der Waals surface area contributed by atoms with E-state index in [2.05, 4.69) is 20.7 Å². The molecule has 0 bridgehead atoms. The fraction of sp³-hybridized carbons (Fsp3) is 0.250. The van der Waals surface area contributed by atoms with E-state index >= 15 is 0 Å². The number of hydrogen-bond donors (Lipinski definition) is 1. The number of methoxy groups -OCH3 is 1. The first-order valence-electron chi connectivity index (χ1n) is 6.79. The van der Waals surface area contributed by atoms with Gasteiger partial charge in [-0.3, -0.25) is 0 Å². The molecule has 118 valence electrons. The van der Waals surface area contributed by atoms with Gasteiger partial charge in [-0.2, -0.15) is 0 Å². The first-order valence-corrected chi connectivity index (χ1v) is 9.19. The van der Waals surface area contributed by atoms with E-state index in [0.29, 0.717) is 5.75 Å². The average Bonchev–Trinajstić information content (AvgIpc) is 2.53. The predicted octanol–water partition coefficient (Wildman–Crippen LogP) is 3.50. The molecule has 0 heterocycles. The van der Waals surface area contributed by atoms with Crippen LogP contribution < -0.4 is 9.46 Å². The number of halogens is 1. The summed E-state index contributed by atoms with van der Waals surface area (Å²) in [5, 5.41) is 0. The van der Waals surface area contributed by atoms with Gasteiger partial charge in [0, 0.05) is 4.83 Å². The minimum atomic E-state index is -3.59. The molecule has 0 aliphatic carbocycles. The van der Waals surface area contributed by atoms with Crippen molar-refractivity contribution < 1.29 is 13.2 Å². The van der Waals surface area contributed by atoms with Gasteiger partial charge in [0.2, 0.25) is 10.0 Å². The minimum absolute atomic E-state index is 0.0851. The number of sulfonamides is 1. The first kappa shape index (κ1) is 17.0. The Kier molecular flexibility index (Phi) is 5.61. The van der Waals surface area contributed by atoms with E-state index < -0.39 is 16.1 Å². The van der Waals surface area contributed by atoms with Crippen LogP contribution in [0.25, 0.3) is 0 Å². The molecule has 6 heteroatoms. The highest BCUT2D eigenvalue weighted by Crippen LogP contribution is 2.27. The Morgan fingerprint density at radius 2 is 1.77 bits per heavy atom. The van der Waals surface area contributed by atoms with E-state index in [9.17, 15) is 8.42 Å². The summed E-state index contributed by atoms with van der Waals surface area (Å²) >= 11 is 3.48. The third kappa shape index (κ3) is 4.09. The standard InChI is InChI=1S/C16H18BrNO3S/c1-12(17)16(13-7-6-8-14(11-13)21-2)18-22(19,20)15-9-4-3-5-10-15/h3-12,16,18H,1-2H3. The number of hydrogen-bond acceptors (Lipinski definition) is 3. The molecule has 22 heavy (non-hydrogen) atoms. The number of ether oxygens (including phenoxy) is 1. The van der Waals surface area contributed by atoms with E-state index in [-0.39, 0.29) is 9.72 Å². The van der Waals surface area contributed by atoms with E-state index in [1.165, 1.54) is 0 Å². The second-order valence-electron chi connectivity index (χ2n) is 4.87. The normalized spacial score (nSPS) is 14.3. The lowest BCUT2D eigenvalue weighted by Gasteiger charge is -2.22. The smallest absolute Gasteiger partial charge is 0.241 e. The Hall–Kier alpha value is -1.37. The molecule has 2 aromatic rings. The molecule has 2 aromatic carbocycles. The zero-order valence-corrected chi connectivity index (χ0v) is 14.8. The summed E-state index contributed by atoms with van der Waals surface area (Å²) in [5.74, 6) is 0.689. The first-order chi connectivity index (χ1) is 10.4. The van der Waals surface area contributed by atoms with Crippen LogP contribution in [0.4, 0.5) is 0 Å². The quantitative estimate of drug-likeness (QED) is 0.776. The maximum atomic E-state index is 12.5. The maximum Gasteiger partial charge on any atom is 0.241 e. The van der Waals surface area contributed by atoms with Crippen LogP contribution in [0.2, 0.25) is 0 Å². The topological polar surface area (TPSA) is 55.4 Å². The molecule has 0 radical (unpaired) electrons. The molecule has 2 atom stereocenters. The molecule has 0 saturated carbocycles. The lowest BCUT2D eigenvalue weighted by Crippen LogP contribution is -2.32. The van der Waals surface area contributed by atoms with Gasteiger partial charge < -0.3 is 4.74 Å². The fourth-order valence-corrected chi connectivity index (χ4v) is 4.04. The molecule has 0 aromatic heterocycles. The molecule has 0 amide bonds. The van der Waals surface area contributed by atoms with Gasteiger partial charge in [0.25, 0.3) is 0 Å². The molecular formula is C16H18BrNO3S. The van der Waals surface area contributed by atoms with Gasteiger partial charge in [-0.15, -0.1) is 0 Å². The van der Waals surface area contributed by atoms with Crippen molar-refractivity contribution in [2.24, 2.45) is 0 Å². The average molecular weight is 384 g/mol. The molecule has 0 fully saturated rings. The molecule has 0 aliphatic rings. The van der Waals surface area contributed by atoms with Crippen LogP contribution in [0.3, 0.4) is 0 Å². The van der Waals surface area contributed by atoms with Gasteiger partial charge in [0.05, 0.1) is 18.0 Å². The van der Waals surface area contributed by atoms with Gasteiger partial charge in [-0.25, -0.2) is 13.1 Å². The van der Waals surface area contributed by atoms with Crippen LogP contribution in [0, 0.1) is 0 Å². The Morgan fingerprint density at radius 1 is 1.09 bits per heavy atom. The third-order valence-electron chi connectivity index (χ3n) is 3.25. The molecular weight excluding hydrogens is 366 g/mol. The van der Waals surface area contributed by atoms with Crippen molar-refractivity contribution in [3.8, 4) is 5.75 Å². The number of alkyl halides is 1. The van der Waals surface area contributed by atoms with Crippen molar-refractivity contribution in [2.75, 3.05) is 7.11 Å². The lowest BCUT2D eigenvalue weighted by atomic mass is 10.1. The Balaban J connectivity index is 2.33. The van der Waals surface area contributed by atoms with Gasteiger partial charge >= 0.3 is 0 Å². The predicted molar refractivity (Wildman–Crippen MR) is 90.9 cm³/mol. The Bertz CT molecular complexity index is 717. The lowest BCUT2D eigenvalue weighted by molar-refractivity contribution is 0.413. The van der Waals surface area contributed by atoms with Crippen molar-refractivity contribution >= 4 is 26.0 Å². The minimum Gasteiger partial charge on any atom is -0.497 e. The number of nitrogens with one attached hydrogen (secondary N) is 1. The van der Waals surface area contributed by atoms with Crippen molar-refractivity contribution in [1.29, 1.82) is 0 Å². The zero-order chi connectivity index (χ0) is 16.2. The van der Waals surface area contributed by atoms with Crippen LogP contribution in [0.5, 0.6) is 5.75 Å². The summed E-state index contributed by atoms with van der Waals surface area (Å²) in [5.41, 5.74) is 0.836. The van der Waals surface area contributed by atoms with Crippen LogP contribution in [-0.4, -0.2) is 20.4 Å². The Morgan fingerprint density at radius 3 is 2.36 bits per heavy atom. The summed E-state index contributed by atoms with van der Waals surface area (Å²) in [6, 6.07) is 15.3. The van der Waals surface area contributed by atoms with E-state index in [1.54, 1.807) is 37.4 Å². The van der Waals surface area contributed by atoms with Crippen molar-refractivity contribution in [3.63, 3.8) is 0 Å². The summed E-state index contributed by atoms with van der Waals surface area (Å²) in [6.07, 6.45) is 0. The second-order valence-corrected chi connectivity index (χ2v) is 8.02. The second kappa shape index (κ2) is 7.26. The molecule has 0 spiro atoms. The van der Waals surface area contributed by atoms with E-state index in [1.807, 2.05) is 31.2 Å². The van der Waals surface area contributed by atoms with Gasteiger partial charge in [0.1, 0.15) is 5.75 Å². The van der Waals surface area contributed by atoms with Gasteiger partial charge in [0.15, 0.2) is 0 Å². The molecule has 2 rings (SSSR count). The largest absolute Gasteiger partial charge is 0.497 e. The van der Waals surface area contributed by atoms with Crippen LogP contribution >= 0.6 is 15.9 Å². The molecule has 2 unspecified atom stereocenters. The summed E-state index contributed by atoms with van der Waals surface area (Å²) < 4.78 is 33.0.